The molecule has 3 N–H and O–H groups in total. The highest BCUT2D eigenvalue weighted by molar-refractivity contribution is 7.92. The highest BCUT2D eigenvalue weighted by Crippen LogP contribution is 2.68. The van der Waals surface area contributed by atoms with Gasteiger partial charge in [0.05, 0.1) is 45.7 Å². The van der Waals surface area contributed by atoms with E-state index in [0.29, 0.717) is 10.7 Å². The van der Waals surface area contributed by atoms with Crippen LogP contribution in [0.4, 0.5) is 51.1 Å². The van der Waals surface area contributed by atoms with Gasteiger partial charge in [-0.05, 0) is 54.3 Å². The Labute approximate surface area is 348 Å². The van der Waals surface area contributed by atoms with Gasteiger partial charge in [-0.25, -0.2) is 35.9 Å². The van der Waals surface area contributed by atoms with Gasteiger partial charge in [-0.3, -0.25) is 28.2 Å². The van der Waals surface area contributed by atoms with Crippen molar-refractivity contribution in [3.05, 3.63) is 97.8 Å². The van der Waals surface area contributed by atoms with Crippen LogP contribution in [-0.2, 0) is 40.8 Å². The van der Waals surface area contributed by atoms with E-state index in [-0.39, 0.29) is 56.2 Å². The molecule has 1 amide bonds. The predicted octanol–water partition coefficient (Wildman–Crippen LogP) is 6.78. The van der Waals surface area contributed by atoms with Gasteiger partial charge in [-0.15, -0.1) is 0 Å². The van der Waals surface area contributed by atoms with E-state index in [2.05, 4.69) is 35.5 Å². The molecule has 0 aliphatic heterocycles. The van der Waals surface area contributed by atoms with Crippen LogP contribution < -0.4 is 20.9 Å². The number of sulfonamides is 1. The minimum Gasteiger partial charge on any atom is -0.370 e. The highest BCUT2D eigenvalue weighted by Gasteiger charge is 2.67. The number of pyridine rings is 1. The number of carbonyl (C=O) groups excluding carboxylic acids is 1. The number of aromatic nitrogens is 7. The lowest BCUT2D eigenvalue weighted by atomic mass is 10.0. The van der Waals surface area contributed by atoms with Crippen molar-refractivity contribution in [3.63, 3.8) is 0 Å². The van der Waals surface area contributed by atoms with Crippen molar-refractivity contribution in [1.82, 2.24) is 39.4 Å². The summed E-state index contributed by atoms with van der Waals surface area (Å²) < 4.78 is 157. The number of hydrogen-bond acceptors (Lipinski definition) is 9. The molecule has 62 heavy (non-hydrogen) atoms. The Kier molecular flexibility index (Phi) is 10.5. The Morgan fingerprint density at radius 3 is 2.42 bits per heavy atom. The van der Waals surface area contributed by atoms with E-state index in [1.54, 1.807) is 0 Å². The summed E-state index contributed by atoms with van der Waals surface area (Å²) in [4.78, 5) is 37.6. The minimum absolute atomic E-state index is 0.000789. The van der Waals surface area contributed by atoms with Crippen molar-refractivity contribution >= 4 is 61.1 Å². The average Bonchev–Trinajstić information content (AvgIpc) is 3.69. The number of rotatable bonds is 13. The van der Waals surface area contributed by atoms with Crippen LogP contribution in [0.1, 0.15) is 59.6 Å². The van der Waals surface area contributed by atoms with Gasteiger partial charge in [0.1, 0.15) is 41.2 Å². The molecule has 4 heterocycles. The Balaban J connectivity index is 1.32. The van der Waals surface area contributed by atoms with E-state index in [1.807, 2.05) is 0 Å². The molecule has 2 aliphatic rings. The standard InChI is InChI=1S/C37H30ClF9N10O4S/c1-55-29-23(5-4-21(38)27(29)33(53-55)54-62(2,60)61)57-34(51-32-18(35(57)59)3-6-24(50-32)48-8-7-36(43,44)45)22(11-15-9-16(39)12-17(40)10-15)49-25(58)14-56-30-26(28(52-56)31(41)42)19-13-20(19)37(30,46)47/h3-6,9-10,12,19-20,22,31H,7-8,11,13-14H2,1-2H3,(H,48,50)(H,49,58)(H,53,54)/t19-,20+,22-/m0/s1. The molecule has 3 atom stereocenters. The lowest BCUT2D eigenvalue weighted by molar-refractivity contribution is -0.131. The SMILES string of the molecule is Cn1nc(NS(C)(=O)=O)c2c(Cl)ccc(-n3c([C@H](Cc4cc(F)cc(F)c4)NC(=O)Cn4nc(C(F)F)c5c4C(F)(F)[C@@H]4C[C@H]54)nc4nc(NCCC(F)(F)F)ccc4c3=O)c21. The van der Waals surface area contributed by atoms with Gasteiger partial charge in [0.15, 0.2) is 11.5 Å². The average molecular weight is 917 g/mol. The number of nitrogens with one attached hydrogen (secondary N) is 3. The molecule has 0 unspecified atom stereocenters. The van der Waals surface area contributed by atoms with E-state index in [9.17, 15) is 48.7 Å². The van der Waals surface area contributed by atoms with Crippen LogP contribution in [0.15, 0.2) is 47.3 Å². The number of fused-ring (bicyclic) bond motifs is 5. The maximum absolute atomic E-state index is 15.5. The van der Waals surface area contributed by atoms with E-state index in [4.69, 9.17) is 11.6 Å². The molecular formula is C37H30ClF9N10O4S. The summed E-state index contributed by atoms with van der Waals surface area (Å²) in [6, 6.07) is 5.63. The van der Waals surface area contributed by atoms with Crippen LogP contribution in [-0.4, -0.2) is 67.4 Å². The summed E-state index contributed by atoms with van der Waals surface area (Å²) in [6.45, 7) is -1.71. The number of hydrogen-bond donors (Lipinski definition) is 3. The molecule has 0 radical (unpaired) electrons. The molecule has 8 rings (SSSR count). The van der Waals surface area contributed by atoms with Crippen molar-refractivity contribution in [1.29, 1.82) is 0 Å². The van der Waals surface area contributed by atoms with E-state index in [1.165, 1.54) is 31.3 Å². The Hall–Kier alpha value is -5.91. The van der Waals surface area contributed by atoms with E-state index < -0.39 is 118 Å². The molecule has 25 heteroatoms. The van der Waals surface area contributed by atoms with E-state index in [0.717, 1.165) is 27.6 Å². The van der Waals surface area contributed by atoms with Crippen molar-refractivity contribution in [3.8, 4) is 5.69 Å². The Morgan fingerprint density at radius 2 is 1.76 bits per heavy atom. The number of carbonyl (C=O) groups is 1. The van der Waals surface area contributed by atoms with Crippen molar-refractivity contribution in [2.24, 2.45) is 13.0 Å². The first-order chi connectivity index (χ1) is 29.0. The molecule has 6 aromatic rings. The number of alkyl halides is 7. The zero-order chi connectivity index (χ0) is 44.8. The first-order valence-electron chi connectivity index (χ1n) is 18.4. The zero-order valence-electron chi connectivity index (χ0n) is 31.8. The summed E-state index contributed by atoms with van der Waals surface area (Å²) in [5, 5.41) is 12.6. The molecule has 0 bridgehead atoms. The maximum Gasteiger partial charge on any atom is 0.390 e. The number of aryl methyl sites for hydroxylation is 1. The van der Waals surface area contributed by atoms with Crippen LogP contribution in [0.2, 0.25) is 5.02 Å². The minimum atomic E-state index is -4.54. The molecular weight excluding hydrogens is 887 g/mol. The monoisotopic (exact) mass is 916 g/mol. The number of anilines is 2. The molecule has 1 fully saturated rings. The van der Waals surface area contributed by atoms with Crippen LogP contribution in [0.25, 0.3) is 27.6 Å². The van der Waals surface area contributed by atoms with Crippen molar-refractivity contribution < 1.29 is 52.7 Å². The lowest BCUT2D eigenvalue weighted by Crippen LogP contribution is -2.38. The van der Waals surface area contributed by atoms with Gasteiger partial charge in [0.2, 0.25) is 15.9 Å². The number of benzene rings is 2. The molecule has 2 aromatic carbocycles. The van der Waals surface area contributed by atoms with Gasteiger partial charge in [0.25, 0.3) is 17.9 Å². The first-order valence-corrected chi connectivity index (χ1v) is 20.7. The van der Waals surface area contributed by atoms with Gasteiger partial charge in [0, 0.05) is 37.6 Å². The number of halogens is 10. The predicted molar refractivity (Wildman–Crippen MR) is 205 cm³/mol. The van der Waals surface area contributed by atoms with Gasteiger partial charge in [-0.1, -0.05) is 11.6 Å². The van der Waals surface area contributed by atoms with Crippen molar-refractivity contribution in [2.75, 3.05) is 22.8 Å². The summed E-state index contributed by atoms with van der Waals surface area (Å²) in [5.41, 5.74) is -3.72. The zero-order valence-corrected chi connectivity index (χ0v) is 33.4. The van der Waals surface area contributed by atoms with Crippen molar-refractivity contribution in [2.45, 2.75) is 56.3 Å². The second-order valence-electron chi connectivity index (χ2n) is 14.9. The van der Waals surface area contributed by atoms with E-state index >= 15 is 8.78 Å². The van der Waals surface area contributed by atoms with Gasteiger partial charge >= 0.3 is 6.18 Å². The maximum atomic E-state index is 15.5. The Bertz CT molecular complexity index is 2970. The molecule has 1 saturated carbocycles. The van der Waals surface area contributed by atoms with Crippen LogP contribution in [0.5, 0.6) is 0 Å². The topological polar surface area (TPSA) is 171 Å². The molecule has 0 saturated heterocycles. The second kappa shape index (κ2) is 15.2. The smallest absolute Gasteiger partial charge is 0.370 e. The largest absolute Gasteiger partial charge is 0.390 e. The summed E-state index contributed by atoms with van der Waals surface area (Å²) in [7, 11) is -2.59. The Morgan fingerprint density at radius 1 is 1.05 bits per heavy atom. The van der Waals surface area contributed by atoms with Crippen LogP contribution >= 0.6 is 11.6 Å². The lowest BCUT2D eigenvalue weighted by Gasteiger charge is -2.24. The second-order valence-corrected chi connectivity index (χ2v) is 17.0. The molecule has 2 aliphatic carbocycles. The quantitative estimate of drug-likeness (QED) is 0.106. The third-order valence-corrected chi connectivity index (χ3v) is 11.3. The first kappa shape index (κ1) is 42.8. The third-order valence-electron chi connectivity index (χ3n) is 10.4. The number of amides is 1. The van der Waals surface area contributed by atoms with Gasteiger partial charge in [-0.2, -0.15) is 32.1 Å². The molecule has 328 valence electrons. The number of nitrogens with zero attached hydrogens (tertiary/aromatic N) is 7. The highest BCUT2D eigenvalue weighted by atomic mass is 35.5. The van der Waals surface area contributed by atoms with Crippen LogP contribution in [0, 0.1) is 17.6 Å². The van der Waals surface area contributed by atoms with Gasteiger partial charge < -0.3 is 10.6 Å². The molecule has 0 spiro atoms. The molecule has 4 aromatic heterocycles. The third kappa shape index (κ3) is 7.99. The van der Waals surface area contributed by atoms with Crippen LogP contribution in [0.3, 0.4) is 0 Å². The molecule has 14 nitrogen and oxygen atoms in total. The fraction of sp³-hybridized carbons (Fsp3) is 0.351. The fourth-order valence-corrected chi connectivity index (χ4v) is 8.63. The fourth-order valence-electron chi connectivity index (χ4n) is 7.89. The summed E-state index contributed by atoms with van der Waals surface area (Å²) in [6.07, 6.45) is -8.85. The summed E-state index contributed by atoms with van der Waals surface area (Å²) >= 11 is 6.55. The normalized spacial score (nSPS) is 17.4. The summed E-state index contributed by atoms with van der Waals surface area (Å²) in [5.74, 6) is -9.92.